The molecule has 150 valence electrons. The number of alkyl halides is 3. The van der Waals surface area contributed by atoms with Gasteiger partial charge in [0.1, 0.15) is 0 Å². The largest absolute Gasteiger partial charge is 0.417 e. The van der Waals surface area contributed by atoms with Crippen LogP contribution in [0.1, 0.15) is 27.9 Å². The van der Waals surface area contributed by atoms with Gasteiger partial charge in [-0.3, -0.25) is 4.79 Å². The third-order valence-electron chi connectivity index (χ3n) is 4.66. The summed E-state index contributed by atoms with van der Waals surface area (Å²) in [4.78, 5) is 14.3. The number of fused-ring (bicyclic) bond motifs is 1. The summed E-state index contributed by atoms with van der Waals surface area (Å²) in [6.07, 6.45) is -3.58. The second-order valence-corrected chi connectivity index (χ2v) is 8.83. The van der Waals surface area contributed by atoms with Crippen LogP contribution in [0.15, 0.2) is 47.4 Å². The first-order valence-corrected chi connectivity index (χ1v) is 10.0. The van der Waals surface area contributed by atoms with Crippen LogP contribution in [0.25, 0.3) is 0 Å². The van der Waals surface area contributed by atoms with E-state index in [0.717, 1.165) is 16.4 Å². The van der Waals surface area contributed by atoms with Gasteiger partial charge < -0.3 is 4.90 Å². The maximum Gasteiger partial charge on any atom is 0.417 e. The molecule has 1 aliphatic rings. The summed E-state index contributed by atoms with van der Waals surface area (Å²) in [7, 11) is -0.815. The van der Waals surface area contributed by atoms with Crippen molar-refractivity contribution in [3.8, 4) is 0 Å². The predicted molar refractivity (Wildman–Crippen MR) is 98.8 cm³/mol. The fraction of sp³-hybridized carbons (Fsp3) is 0.316. The number of sulfonamides is 1. The Morgan fingerprint density at radius 1 is 1.11 bits per heavy atom. The Labute approximate surface area is 161 Å². The van der Waals surface area contributed by atoms with Gasteiger partial charge in [-0.05, 0) is 48.7 Å². The quantitative estimate of drug-likeness (QED) is 0.775. The molecule has 1 heterocycles. The zero-order chi connectivity index (χ0) is 20.7. The van der Waals surface area contributed by atoms with Crippen molar-refractivity contribution >= 4 is 21.6 Å². The lowest BCUT2D eigenvalue weighted by molar-refractivity contribution is -0.137. The van der Waals surface area contributed by atoms with Crippen LogP contribution in [0.5, 0.6) is 0 Å². The molecule has 0 aromatic heterocycles. The average molecular weight is 412 g/mol. The maximum absolute atomic E-state index is 13.3. The van der Waals surface area contributed by atoms with Crippen molar-refractivity contribution in [1.29, 1.82) is 0 Å². The number of hydrogen-bond acceptors (Lipinski definition) is 3. The van der Waals surface area contributed by atoms with Gasteiger partial charge in [0.05, 0.1) is 16.0 Å². The molecule has 0 atom stereocenters. The van der Waals surface area contributed by atoms with E-state index in [4.69, 9.17) is 0 Å². The molecule has 1 amide bonds. The van der Waals surface area contributed by atoms with Crippen LogP contribution in [-0.4, -0.2) is 39.3 Å². The molecule has 2 aromatic rings. The third-order valence-corrected chi connectivity index (χ3v) is 6.47. The van der Waals surface area contributed by atoms with E-state index in [-0.39, 0.29) is 11.4 Å². The topological polar surface area (TPSA) is 57.7 Å². The molecule has 0 spiro atoms. The van der Waals surface area contributed by atoms with Gasteiger partial charge >= 0.3 is 6.18 Å². The highest BCUT2D eigenvalue weighted by Gasteiger charge is 2.37. The summed E-state index contributed by atoms with van der Waals surface area (Å²) >= 11 is 0. The van der Waals surface area contributed by atoms with Gasteiger partial charge in [0, 0.05) is 26.3 Å². The first kappa shape index (κ1) is 20.3. The normalized spacial score (nSPS) is 14.9. The average Bonchev–Trinajstić information content (AvgIpc) is 2.65. The highest BCUT2D eigenvalue weighted by Crippen LogP contribution is 2.35. The Balaban J connectivity index is 2.03. The molecule has 0 saturated carbocycles. The van der Waals surface area contributed by atoms with Crippen LogP contribution in [0, 0.1) is 0 Å². The molecule has 0 radical (unpaired) electrons. The van der Waals surface area contributed by atoms with Crippen molar-refractivity contribution in [3.63, 3.8) is 0 Å². The zero-order valence-electron chi connectivity index (χ0n) is 15.3. The van der Waals surface area contributed by atoms with Gasteiger partial charge in [0.25, 0.3) is 5.91 Å². The molecule has 0 fully saturated rings. The van der Waals surface area contributed by atoms with E-state index >= 15 is 0 Å². The van der Waals surface area contributed by atoms with Crippen LogP contribution < -0.4 is 4.90 Å². The van der Waals surface area contributed by atoms with Crippen molar-refractivity contribution in [2.45, 2.75) is 23.9 Å². The number of hydrogen-bond donors (Lipinski definition) is 0. The van der Waals surface area contributed by atoms with E-state index in [1.54, 1.807) is 0 Å². The number of carbonyl (C=O) groups excluding carboxylic acids is 1. The van der Waals surface area contributed by atoms with Crippen molar-refractivity contribution in [2.75, 3.05) is 25.5 Å². The molecule has 28 heavy (non-hydrogen) atoms. The monoisotopic (exact) mass is 412 g/mol. The number of anilines is 1. The Kier molecular flexibility index (Phi) is 5.24. The van der Waals surface area contributed by atoms with Gasteiger partial charge in [-0.2, -0.15) is 13.2 Å². The van der Waals surface area contributed by atoms with Crippen LogP contribution in [0.3, 0.4) is 0 Å². The Morgan fingerprint density at radius 3 is 2.43 bits per heavy atom. The number of benzene rings is 2. The van der Waals surface area contributed by atoms with Gasteiger partial charge in [0.2, 0.25) is 10.0 Å². The van der Waals surface area contributed by atoms with Crippen LogP contribution in [0.2, 0.25) is 0 Å². The number of aryl methyl sites for hydroxylation is 1. The van der Waals surface area contributed by atoms with Gasteiger partial charge in [-0.15, -0.1) is 0 Å². The maximum atomic E-state index is 13.3. The molecular formula is C19H19F3N2O3S. The van der Waals surface area contributed by atoms with E-state index in [9.17, 15) is 26.4 Å². The SMILES string of the molecule is CN(C)S(=O)(=O)c1ccc2c(c1)CCCN2C(=O)c1ccccc1C(F)(F)F. The molecule has 5 nitrogen and oxygen atoms in total. The molecule has 1 aliphatic heterocycles. The number of halogens is 3. The number of carbonyl (C=O) groups is 1. The fourth-order valence-electron chi connectivity index (χ4n) is 3.22. The van der Waals surface area contributed by atoms with Gasteiger partial charge in [-0.25, -0.2) is 12.7 Å². The smallest absolute Gasteiger partial charge is 0.308 e. The summed E-state index contributed by atoms with van der Waals surface area (Å²) in [5, 5.41) is 0. The molecule has 0 saturated heterocycles. The molecular weight excluding hydrogens is 393 g/mol. The summed E-state index contributed by atoms with van der Waals surface area (Å²) in [6.45, 7) is 0.262. The van der Waals surface area contributed by atoms with Crippen molar-refractivity contribution in [1.82, 2.24) is 4.31 Å². The van der Waals surface area contributed by atoms with E-state index < -0.39 is 33.2 Å². The minimum Gasteiger partial charge on any atom is -0.308 e. The first-order chi connectivity index (χ1) is 13.0. The summed E-state index contributed by atoms with van der Waals surface area (Å²) < 4.78 is 65.6. The van der Waals surface area contributed by atoms with Crippen LogP contribution in [-0.2, 0) is 22.6 Å². The molecule has 2 aromatic carbocycles. The van der Waals surface area contributed by atoms with E-state index in [2.05, 4.69) is 0 Å². The predicted octanol–water partition coefficient (Wildman–Crippen LogP) is 3.55. The summed E-state index contributed by atoms with van der Waals surface area (Å²) in [6, 6.07) is 9.01. The van der Waals surface area contributed by atoms with Crippen molar-refractivity contribution < 1.29 is 26.4 Å². The summed E-state index contributed by atoms with van der Waals surface area (Å²) in [5.41, 5.74) is -0.357. The van der Waals surface area contributed by atoms with E-state index in [1.807, 2.05) is 0 Å². The van der Waals surface area contributed by atoms with Crippen LogP contribution in [0.4, 0.5) is 18.9 Å². The second kappa shape index (κ2) is 7.21. The number of amides is 1. The molecule has 0 unspecified atom stereocenters. The third kappa shape index (κ3) is 3.64. The van der Waals surface area contributed by atoms with Crippen molar-refractivity contribution in [2.24, 2.45) is 0 Å². The van der Waals surface area contributed by atoms with Crippen molar-refractivity contribution in [3.05, 3.63) is 59.2 Å². The van der Waals surface area contributed by atoms with Gasteiger partial charge in [0.15, 0.2) is 0 Å². The number of nitrogens with zero attached hydrogens (tertiary/aromatic N) is 2. The zero-order valence-corrected chi connectivity index (χ0v) is 16.1. The fourth-order valence-corrected chi connectivity index (χ4v) is 4.17. The summed E-state index contributed by atoms with van der Waals surface area (Å²) in [5.74, 6) is -0.753. The lowest BCUT2D eigenvalue weighted by Gasteiger charge is -2.30. The van der Waals surface area contributed by atoms with E-state index in [0.29, 0.717) is 24.1 Å². The Bertz CT molecular complexity index is 1020. The molecule has 0 N–H and O–H groups in total. The first-order valence-electron chi connectivity index (χ1n) is 8.57. The lowest BCUT2D eigenvalue weighted by Crippen LogP contribution is -2.36. The molecule has 3 rings (SSSR count). The Hall–Kier alpha value is -2.39. The van der Waals surface area contributed by atoms with Gasteiger partial charge in [-0.1, -0.05) is 12.1 Å². The number of rotatable bonds is 3. The highest BCUT2D eigenvalue weighted by molar-refractivity contribution is 7.89. The molecule has 0 aliphatic carbocycles. The molecule has 9 heteroatoms. The second-order valence-electron chi connectivity index (χ2n) is 6.68. The lowest BCUT2D eigenvalue weighted by atomic mass is 9.99. The van der Waals surface area contributed by atoms with Crippen LogP contribution >= 0.6 is 0 Å². The highest BCUT2D eigenvalue weighted by atomic mass is 32.2. The Morgan fingerprint density at radius 2 is 1.79 bits per heavy atom. The minimum atomic E-state index is -4.64. The standard InChI is InChI=1S/C19H19F3N2O3S/c1-23(2)28(26,27)14-9-10-17-13(12-14)6-5-11-24(17)18(25)15-7-3-4-8-16(15)19(20,21)22/h3-4,7-10,12H,5-6,11H2,1-2H3. The molecule has 0 bridgehead atoms. The minimum absolute atomic E-state index is 0.0845. The van der Waals surface area contributed by atoms with E-state index in [1.165, 1.54) is 49.3 Å².